The van der Waals surface area contributed by atoms with Gasteiger partial charge in [0.2, 0.25) is 11.8 Å². The molecule has 1 heterocycles. The number of nitrogens with zero attached hydrogens (tertiary/aromatic N) is 4. The zero-order valence-corrected chi connectivity index (χ0v) is 23.7. The number of aromatic nitrogens is 3. The lowest BCUT2D eigenvalue weighted by atomic mass is 9.89. The maximum atomic E-state index is 14.4. The van der Waals surface area contributed by atoms with Crippen molar-refractivity contribution in [3.63, 3.8) is 0 Å². The van der Waals surface area contributed by atoms with Crippen LogP contribution in [0.2, 0.25) is 0 Å². The van der Waals surface area contributed by atoms with Gasteiger partial charge in [-0.15, -0.1) is 5.10 Å². The third kappa shape index (κ3) is 5.86. The number of ether oxygens (including phenoxy) is 1. The fraction of sp³-hybridized carbons (Fsp3) is 0.375. The number of carbonyl (C=O) groups is 2. The number of hydrogen-bond acceptors (Lipinski definition) is 5. The average molecular weight is 540 g/mol. The van der Waals surface area contributed by atoms with Gasteiger partial charge in [0.1, 0.15) is 23.9 Å². The van der Waals surface area contributed by atoms with Crippen LogP contribution in [-0.2, 0) is 29.0 Å². The Bertz CT molecular complexity index is 1500. The SMILES string of the molecule is CCOc1ccc([C@H](C(=O)NC(C)(C)C)N(C(=O)Cn2nnc3ccccc32)c2cccc3c2CCCC3)cc1. The number of aryl methyl sites for hydroxylation is 1. The van der Waals surface area contributed by atoms with Crippen molar-refractivity contribution >= 4 is 28.5 Å². The van der Waals surface area contributed by atoms with E-state index < -0.39 is 11.6 Å². The Morgan fingerprint density at radius 3 is 2.50 bits per heavy atom. The number of fused-ring (bicyclic) bond motifs is 2. The molecule has 1 N–H and O–H groups in total. The van der Waals surface area contributed by atoms with Crippen molar-refractivity contribution < 1.29 is 14.3 Å². The fourth-order valence-corrected chi connectivity index (χ4v) is 5.41. The van der Waals surface area contributed by atoms with Crippen molar-refractivity contribution in [1.82, 2.24) is 20.3 Å². The minimum atomic E-state index is -0.898. The Morgan fingerprint density at radius 1 is 1.00 bits per heavy atom. The number of amides is 2. The van der Waals surface area contributed by atoms with Gasteiger partial charge in [0.25, 0.3) is 0 Å². The van der Waals surface area contributed by atoms with E-state index in [-0.39, 0.29) is 18.4 Å². The average Bonchev–Trinajstić information content (AvgIpc) is 3.34. The van der Waals surface area contributed by atoms with Crippen molar-refractivity contribution in [2.45, 2.75) is 71.5 Å². The highest BCUT2D eigenvalue weighted by molar-refractivity contribution is 6.02. The van der Waals surface area contributed by atoms with Crippen LogP contribution in [-0.4, -0.2) is 39.0 Å². The van der Waals surface area contributed by atoms with Gasteiger partial charge in [0.15, 0.2) is 0 Å². The molecule has 0 fully saturated rings. The van der Waals surface area contributed by atoms with Gasteiger partial charge < -0.3 is 10.1 Å². The molecule has 8 nitrogen and oxygen atoms in total. The molecule has 0 bridgehead atoms. The maximum absolute atomic E-state index is 14.4. The summed E-state index contributed by atoms with van der Waals surface area (Å²) in [7, 11) is 0. The lowest BCUT2D eigenvalue weighted by Gasteiger charge is -2.36. The molecule has 1 aromatic heterocycles. The fourth-order valence-electron chi connectivity index (χ4n) is 5.41. The van der Waals surface area contributed by atoms with Crippen LogP contribution in [0.25, 0.3) is 11.0 Å². The third-order valence-corrected chi connectivity index (χ3v) is 7.12. The van der Waals surface area contributed by atoms with Crippen molar-refractivity contribution in [3.8, 4) is 5.75 Å². The summed E-state index contributed by atoms with van der Waals surface area (Å²) in [6, 6.07) is 20.2. The molecule has 0 spiro atoms. The summed E-state index contributed by atoms with van der Waals surface area (Å²) in [6.45, 7) is 8.25. The zero-order chi connectivity index (χ0) is 28.3. The molecular formula is C32H37N5O3. The molecule has 0 aliphatic heterocycles. The van der Waals surface area contributed by atoms with Gasteiger partial charge in [-0.1, -0.05) is 41.6 Å². The molecule has 0 saturated carbocycles. The quantitative estimate of drug-likeness (QED) is 0.324. The summed E-state index contributed by atoms with van der Waals surface area (Å²) in [6.07, 6.45) is 3.98. The zero-order valence-electron chi connectivity index (χ0n) is 23.7. The smallest absolute Gasteiger partial charge is 0.249 e. The van der Waals surface area contributed by atoms with Crippen molar-refractivity contribution in [3.05, 3.63) is 83.4 Å². The van der Waals surface area contributed by atoms with Gasteiger partial charge >= 0.3 is 0 Å². The molecule has 1 aliphatic rings. The van der Waals surface area contributed by atoms with E-state index >= 15 is 0 Å². The predicted molar refractivity (Wildman–Crippen MR) is 156 cm³/mol. The Hall–Kier alpha value is -4.20. The first-order valence-corrected chi connectivity index (χ1v) is 14.0. The van der Waals surface area contributed by atoms with Crippen molar-refractivity contribution in [2.75, 3.05) is 11.5 Å². The van der Waals surface area contributed by atoms with E-state index in [4.69, 9.17) is 4.74 Å². The third-order valence-electron chi connectivity index (χ3n) is 7.12. The normalized spacial score (nSPS) is 13.9. The first kappa shape index (κ1) is 27.4. The maximum Gasteiger partial charge on any atom is 0.249 e. The standard InChI is InChI=1S/C32H37N5O3/c1-5-40-24-19-17-23(18-20-24)30(31(39)33-32(2,3)4)37(27-16-10-12-22-11-6-7-13-25(22)27)29(38)21-36-28-15-9-8-14-26(28)34-35-36/h8-10,12,14-20,30H,5-7,11,13,21H2,1-4H3,(H,33,39)/t30-/m1/s1. The van der Waals surface area contributed by atoms with E-state index in [9.17, 15) is 9.59 Å². The van der Waals surface area contributed by atoms with Crippen LogP contribution in [0.3, 0.4) is 0 Å². The second kappa shape index (κ2) is 11.5. The lowest BCUT2D eigenvalue weighted by Crippen LogP contribution is -2.50. The summed E-state index contributed by atoms with van der Waals surface area (Å²) in [5.74, 6) is 0.227. The Labute approximate surface area is 235 Å². The number of rotatable bonds is 8. The van der Waals surface area contributed by atoms with Crippen LogP contribution in [0, 0.1) is 0 Å². The summed E-state index contributed by atoms with van der Waals surface area (Å²) in [4.78, 5) is 30.2. The Morgan fingerprint density at radius 2 is 1.75 bits per heavy atom. The monoisotopic (exact) mass is 539 g/mol. The minimum absolute atomic E-state index is 0.0551. The van der Waals surface area contributed by atoms with Gasteiger partial charge in [-0.3, -0.25) is 14.5 Å². The molecule has 0 saturated heterocycles. The second-order valence-electron chi connectivity index (χ2n) is 11.3. The number of carbonyl (C=O) groups excluding carboxylic acids is 2. The van der Waals surface area contributed by atoms with Gasteiger partial charge in [-0.25, -0.2) is 4.68 Å². The highest BCUT2D eigenvalue weighted by atomic mass is 16.5. The molecule has 1 atom stereocenters. The van der Waals surface area contributed by atoms with E-state index in [1.165, 1.54) is 5.56 Å². The second-order valence-corrected chi connectivity index (χ2v) is 11.3. The minimum Gasteiger partial charge on any atom is -0.494 e. The van der Waals surface area contributed by atoms with Crippen LogP contribution in [0.5, 0.6) is 5.75 Å². The highest BCUT2D eigenvalue weighted by Crippen LogP contribution is 2.36. The lowest BCUT2D eigenvalue weighted by molar-refractivity contribution is -0.128. The number of nitrogens with one attached hydrogen (secondary N) is 1. The molecule has 1 aliphatic carbocycles. The molecule has 5 rings (SSSR count). The Kier molecular flexibility index (Phi) is 7.87. The van der Waals surface area contributed by atoms with Gasteiger partial charge in [0.05, 0.1) is 12.1 Å². The van der Waals surface area contributed by atoms with Crippen molar-refractivity contribution in [1.29, 1.82) is 0 Å². The van der Waals surface area contributed by atoms with Crippen LogP contribution in [0.1, 0.15) is 63.3 Å². The van der Waals surface area contributed by atoms with Crippen LogP contribution < -0.4 is 15.0 Å². The van der Waals surface area contributed by atoms with E-state index in [0.29, 0.717) is 23.4 Å². The van der Waals surface area contributed by atoms with E-state index in [2.05, 4.69) is 21.7 Å². The Balaban J connectivity index is 1.64. The summed E-state index contributed by atoms with van der Waals surface area (Å²) < 4.78 is 7.27. The molecule has 3 aromatic carbocycles. The predicted octanol–water partition coefficient (Wildman–Crippen LogP) is 5.40. The molecular weight excluding hydrogens is 502 g/mol. The topological polar surface area (TPSA) is 89.4 Å². The van der Waals surface area contributed by atoms with Crippen LogP contribution >= 0.6 is 0 Å². The number of anilines is 1. The molecule has 2 amide bonds. The largest absolute Gasteiger partial charge is 0.494 e. The first-order chi connectivity index (χ1) is 19.2. The number of benzene rings is 3. The van der Waals surface area contributed by atoms with Gasteiger partial charge in [-0.2, -0.15) is 0 Å². The summed E-state index contributed by atoms with van der Waals surface area (Å²) in [5.41, 5.74) is 4.83. The number of hydrogen-bond donors (Lipinski definition) is 1. The first-order valence-electron chi connectivity index (χ1n) is 14.0. The van der Waals surface area contributed by atoms with Gasteiger partial charge in [-0.05, 0) is 100 Å². The molecule has 0 unspecified atom stereocenters. The molecule has 0 radical (unpaired) electrons. The van der Waals surface area contributed by atoms with E-state index in [0.717, 1.165) is 42.5 Å². The number of para-hydroxylation sites is 1. The molecule has 4 aromatic rings. The molecule has 8 heteroatoms. The van der Waals surface area contributed by atoms with E-state index in [1.807, 2.05) is 88.4 Å². The molecule has 208 valence electrons. The van der Waals surface area contributed by atoms with Gasteiger partial charge in [0, 0.05) is 11.2 Å². The summed E-state index contributed by atoms with van der Waals surface area (Å²) in [5, 5.41) is 11.6. The van der Waals surface area contributed by atoms with Crippen LogP contribution in [0.15, 0.2) is 66.7 Å². The van der Waals surface area contributed by atoms with Crippen molar-refractivity contribution in [2.24, 2.45) is 0 Å². The highest BCUT2D eigenvalue weighted by Gasteiger charge is 2.36. The van der Waals surface area contributed by atoms with E-state index in [1.54, 1.807) is 9.58 Å². The van der Waals surface area contributed by atoms with Crippen LogP contribution in [0.4, 0.5) is 5.69 Å². The summed E-state index contributed by atoms with van der Waals surface area (Å²) >= 11 is 0. The molecule has 40 heavy (non-hydrogen) atoms.